The molecule has 3 unspecified atom stereocenters. The van der Waals surface area contributed by atoms with Crippen molar-refractivity contribution in [3.63, 3.8) is 0 Å². The van der Waals surface area contributed by atoms with Crippen LogP contribution in [0.5, 0.6) is 0 Å². The van der Waals surface area contributed by atoms with E-state index in [1.54, 1.807) is 27.7 Å². The molecule has 0 radical (unpaired) electrons. The predicted octanol–water partition coefficient (Wildman–Crippen LogP) is 1.19. The highest BCUT2D eigenvalue weighted by Crippen LogP contribution is 2.26. The van der Waals surface area contributed by atoms with E-state index >= 15 is 0 Å². The first-order valence-electron chi connectivity index (χ1n) is 9.46. The average molecular weight is 493 g/mol. The molecule has 0 aromatic carbocycles. The van der Waals surface area contributed by atoms with Gasteiger partial charge in [0.1, 0.15) is 18.7 Å². The Hall–Kier alpha value is -0.840. The van der Waals surface area contributed by atoms with E-state index in [0.717, 1.165) is 0 Å². The van der Waals surface area contributed by atoms with Crippen molar-refractivity contribution in [3.8, 4) is 0 Å². The van der Waals surface area contributed by atoms with Gasteiger partial charge in [0, 0.05) is 6.54 Å². The number of hydrogen-bond acceptors (Lipinski definition) is 7. The molecule has 0 fully saturated rings. The molecule has 5 N–H and O–H groups in total. The Balaban J connectivity index is 4.24. The molecule has 0 spiro atoms. The highest BCUT2D eigenvalue weighted by Gasteiger charge is 2.29. The summed E-state index contributed by atoms with van der Waals surface area (Å²) in [5.74, 6) is -1.88. The van der Waals surface area contributed by atoms with Crippen LogP contribution in [0.2, 0.25) is 0 Å². The number of nitrogens with one attached hydrogen (secondary N) is 2. The zero-order valence-electron chi connectivity index (χ0n) is 17.8. The number of amides is 2. The van der Waals surface area contributed by atoms with Crippen LogP contribution in [-0.2, 0) is 23.9 Å². The normalized spacial score (nSPS) is 16.2. The molecule has 4 atom stereocenters. The van der Waals surface area contributed by atoms with Crippen LogP contribution in [0.4, 0.5) is 0 Å². The smallest absolute Gasteiger partial charge is 0.323 e. The summed E-state index contributed by atoms with van der Waals surface area (Å²) in [5.41, 5.74) is 5.15. The van der Waals surface area contributed by atoms with Crippen LogP contribution in [0.3, 0.4) is 0 Å². The predicted molar refractivity (Wildman–Crippen MR) is 115 cm³/mol. The van der Waals surface area contributed by atoms with Gasteiger partial charge in [0.15, 0.2) is 6.10 Å². The van der Waals surface area contributed by atoms with Crippen molar-refractivity contribution in [3.05, 3.63) is 0 Å². The van der Waals surface area contributed by atoms with E-state index < -0.39 is 58.1 Å². The quantitative estimate of drug-likeness (QED) is 0.193. The molecule has 0 aromatic heterocycles. The third kappa shape index (κ3) is 13.5. The summed E-state index contributed by atoms with van der Waals surface area (Å²) in [5, 5.41) is 15.1. The monoisotopic (exact) mass is 491 g/mol. The lowest BCUT2D eigenvalue weighted by atomic mass is 10.1. The summed E-state index contributed by atoms with van der Waals surface area (Å²) in [6.45, 7) is 8.26. The second-order valence-corrected chi connectivity index (χ2v) is 10.4. The van der Waals surface area contributed by atoms with Crippen LogP contribution in [0.1, 0.15) is 47.5 Å². The molecule has 2 amide bonds. The second-order valence-electron chi connectivity index (χ2n) is 7.87. The summed E-state index contributed by atoms with van der Waals surface area (Å²) in [7, 11) is 0. The van der Waals surface area contributed by atoms with Crippen molar-refractivity contribution in [1.29, 1.82) is 0 Å². The van der Waals surface area contributed by atoms with E-state index in [9.17, 15) is 19.5 Å². The molecule has 0 aromatic rings. The topological polar surface area (TPSA) is 140 Å². The molecular weight excluding hydrogens is 461 g/mol. The number of rotatable bonds is 11. The van der Waals surface area contributed by atoms with Gasteiger partial charge in [-0.05, 0) is 47.5 Å². The fraction of sp³-hybridized carbons (Fsp3) is 0.833. The van der Waals surface area contributed by atoms with Crippen LogP contribution >= 0.6 is 34.8 Å². The van der Waals surface area contributed by atoms with Gasteiger partial charge >= 0.3 is 5.97 Å². The van der Waals surface area contributed by atoms with Crippen molar-refractivity contribution < 1.29 is 29.0 Å². The lowest BCUT2D eigenvalue weighted by Crippen LogP contribution is -2.51. The van der Waals surface area contributed by atoms with E-state index in [2.05, 4.69) is 10.6 Å². The fourth-order valence-corrected chi connectivity index (χ4v) is 2.43. The Morgan fingerprint density at radius 1 is 1.10 bits per heavy atom. The molecule has 0 bridgehead atoms. The molecule has 0 aliphatic rings. The number of aliphatic hydroxyl groups is 1. The summed E-state index contributed by atoms with van der Waals surface area (Å²) in [4.78, 5) is 35.8. The molecule has 0 rings (SSSR count). The number of hydrogen-bond donors (Lipinski definition) is 4. The maximum atomic E-state index is 12.1. The molecule has 0 aliphatic carbocycles. The molecule has 0 aliphatic heterocycles. The van der Waals surface area contributed by atoms with Crippen LogP contribution < -0.4 is 16.4 Å². The molecule has 176 valence electrons. The van der Waals surface area contributed by atoms with Gasteiger partial charge in [-0.25, -0.2) is 0 Å². The minimum Gasteiger partial charge on any atom is -0.460 e. The fourth-order valence-electron chi connectivity index (χ4n) is 2.26. The first-order valence-corrected chi connectivity index (χ1v) is 10.6. The van der Waals surface area contributed by atoms with Gasteiger partial charge in [-0.2, -0.15) is 0 Å². The third-order valence-corrected chi connectivity index (χ3v) is 4.00. The maximum Gasteiger partial charge on any atom is 0.323 e. The minimum atomic E-state index is -1.71. The number of esters is 1. The van der Waals surface area contributed by atoms with Gasteiger partial charge in [0.05, 0.1) is 11.7 Å². The summed E-state index contributed by atoms with van der Waals surface area (Å²) in [6, 6.07) is -1.80. The SMILES string of the molecule is CC(OC(C)(C)C)C(O)C(=O)N[C@@H](C)C(=O)NCCCC(N)C(=O)OCC(Cl)(Cl)Cl. The highest BCUT2D eigenvalue weighted by molar-refractivity contribution is 6.67. The maximum absolute atomic E-state index is 12.1. The molecule has 9 nitrogen and oxygen atoms in total. The minimum absolute atomic E-state index is 0.219. The van der Waals surface area contributed by atoms with Crippen molar-refractivity contribution in [2.24, 2.45) is 5.73 Å². The van der Waals surface area contributed by atoms with Gasteiger partial charge in [0.25, 0.3) is 5.91 Å². The summed E-state index contributed by atoms with van der Waals surface area (Å²) < 4.78 is 8.59. The molecular formula is C18H32Cl3N3O6. The van der Waals surface area contributed by atoms with Gasteiger partial charge in [-0.1, -0.05) is 34.8 Å². The number of halogens is 3. The third-order valence-electron chi connectivity index (χ3n) is 3.68. The van der Waals surface area contributed by atoms with Crippen LogP contribution in [0.15, 0.2) is 0 Å². The van der Waals surface area contributed by atoms with Gasteiger partial charge in [0.2, 0.25) is 9.70 Å². The number of carbonyl (C=O) groups is 3. The van der Waals surface area contributed by atoms with Gasteiger partial charge in [-0.15, -0.1) is 0 Å². The Bertz CT molecular complexity index is 580. The molecule has 0 saturated carbocycles. The van der Waals surface area contributed by atoms with E-state index in [-0.39, 0.29) is 13.0 Å². The number of nitrogens with two attached hydrogens (primary N) is 1. The second kappa shape index (κ2) is 12.9. The largest absolute Gasteiger partial charge is 0.460 e. The van der Waals surface area contributed by atoms with Crippen molar-refractivity contribution in [2.45, 2.75) is 81.1 Å². The Morgan fingerprint density at radius 3 is 2.17 bits per heavy atom. The Labute approximate surface area is 192 Å². The zero-order chi connectivity index (χ0) is 23.7. The van der Waals surface area contributed by atoms with Crippen molar-refractivity contribution in [1.82, 2.24) is 10.6 Å². The van der Waals surface area contributed by atoms with Crippen molar-refractivity contribution in [2.75, 3.05) is 13.2 Å². The van der Waals surface area contributed by atoms with Crippen molar-refractivity contribution >= 4 is 52.6 Å². The lowest BCUT2D eigenvalue weighted by molar-refractivity contribution is -0.148. The average Bonchev–Trinajstić information content (AvgIpc) is 2.59. The Kier molecular flexibility index (Phi) is 12.5. The molecule has 0 heterocycles. The number of ether oxygens (including phenoxy) is 2. The number of aliphatic hydroxyl groups excluding tert-OH is 1. The standard InChI is InChI=1S/C18H32Cl3N3O6/c1-10(24-15(27)13(25)11(2)30-17(3,4)5)14(26)23-8-6-7-12(22)16(28)29-9-18(19,20)21/h10-13,25H,6-9,22H2,1-5H3,(H,23,26)(H,24,27)/t10-,11?,12?,13?/m0/s1. The summed E-state index contributed by atoms with van der Waals surface area (Å²) in [6.07, 6.45) is -1.55. The lowest BCUT2D eigenvalue weighted by Gasteiger charge is -2.28. The van der Waals surface area contributed by atoms with Crippen LogP contribution in [0.25, 0.3) is 0 Å². The van der Waals surface area contributed by atoms with E-state index in [4.69, 9.17) is 50.0 Å². The molecule has 0 saturated heterocycles. The van der Waals surface area contributed by atoms with E-state index in [1.165, 1.54) is 6.92 Å². The van der Waals surface area contributed by atoms with E-state index in [0.29, 0.717) is 6.42 Å². The zero-order valence-corrected chi connectivity index (χ0v) is 20.1. The summed E-state index contributed by atoms with van der Waals surface area (Å²) >= 11 is 16.5. The van der Waals surface area contributed by atoms with Crippen LogP contribution in [0, 0.1) is 0 Å². The first-order chi connectivity index (χ1) is 13.5. The van der Waals surface area contributed by atoms with Gasteiger partial charge in [-0.3, -0.25) is 14.4 Å². The van der Waals surface area contributed by atoms with E-state index in [1.807, 2.05) is 0 Å². The highest BCUT2D eigenvalue weighted by atomic mass is 35.6. The number of carbonyl (C=O) groups excluding carboxylic acids is 3. The molecule has 30 heavy (non-hydrogen) atoms. The Morgan fingerprint density at radius 2 is 1.67 bits per heavy atom. The first kappa shape index (κ1) is 29.2. The molecule has 12 heteroatoms. The van der Waals surface area contributed by atoms with Gasteiger partial charge < -0.3 is 30.9 Å². The van der Waals surface area contributed by atoms with Crippen LogP contribution in [-0.4, -0.2) is 69.7 Å². The number of alkyl halides is 3.